The third-order valence-corrected chi connectivity index (χ3v) is 3.73. The smallest absolute Gasteiger partial charge is 0.331 e. The van der Waals surface area contributed by atoms with E-state index in [1.54, 1.807) is 30.3 Å². The average Bonchev–Trinajstić information content (AvgIpc) is 3.14. The quantitative estimate of drug-likeness (QED) is 0.272. The molecule has 0 unspecified atom stereocenters. The Morgan fingerprint density at radius 1 is 1.22 bits per heavy atom. The second-order valence-electron chi connectivity index (χ2n) is 5.27. The lowest BCUT2D eigenvalue weighted by molar-refractivity contribution is -0.384. The highest BCUT2D eigenvalue weighted by atomic mass is 35.5. The van der Waals surface area contributed by atoms with Gasteiger partial charge in [0.05, 0.1) is 15.5 Å². The SMILES string of the molecule is O=C(/C=C/c1cccc([N+](=O)[O-])c1)OCc1nnc(-c2ccccc2Cl)o1. The van der Waals surface area contributed by atoms with Gasteiger partial charge in [-0.05, 0) is 23.8 Å². The number of hydrogen-bond donors (Lipinski definition) is 0. The molecule has 0 aliphatic heterocycles. The molecule has 1 aromatic heterocycles. The number of nitrogens with zero attached hydrogens (tertiary/aromatic N) is 3. The summed E-state index contributed by atoms with van der Waals surface area (Å²) in [5.74, 6) is -0.320. The molecule has 0 amide bonds. The van der Waals surface area contributed by atoms with Crippen LogP contribution in [0.3, 0.4) is 0 Å². The van der Waals surface area contributed by atoms with Gasteiger partial charge in [-0.25, -0.2) is 4.79 Å². The fourth-order valence-corrected chi connectivity index (χ4v) is 2.36. The second kappa shape index (κ2) is 8.24. The van der Waals surface area contributed by atoms with Gasteiger partial charge < -0.3 is 9.15 Å². The Kier molecular flexibility index (Phi) is 5.58. The molecular formula is C18H12ClN3O5. The first-order chi connectivity index (χ1) is 13.0. The summed E-state index contributed by atoms with van der Waals surface area (Å²) >= 11 is 6.06. The maximum Gasteiger partial charge on any atom is 0.331 e. The van der Waals surface area contributed by atoms with Gasteiger partial charge in [0.25, 0.3) is 11.6 Å². The number of carbonyl (C=O) groups excluding carboxylic acids is 1. The lowest BCUT2D eigenvalue weighted by Crippen LogP contribution is -2.01. The van der Waals surface area contributed by atoms with Crippen molar-refractivity contribution in [2.45, 2.75) is 6.61 Å². The highest BCUT2D eigenvalue weighted by Crippen LogP contribution is 2.26. The predicted molar refractivity (Wildman–Crippen MR) is 96.7 cm³/mol. The zero-order chi connectivity index (χ0) is 19.2. The molecule has 136 valence electrons. The fraction of sp³-hybridized carbons (Fsp3) is 0.0556. The summed E-state index contributed by atoms with van der Waals surface area (Å²) < 4.78 is 10.4. The van der Waals surface area contributed by atoms with Gasteiger partial charge in [-0.1, -0.05) is 35.9 Å². The maximum absolute atomic E-state index is 11.8. The number of hydrogen-bond acceptors (Lipinski definition) is 7. The Labute approximate surface area is 158 Å². The number of carbonyl (C=O) groups is 1. The fourth-order valence-electron chi connectivity index (χ4n) is 2.14. The van der Waals surface area contributed by atoms with Gasteiger partial charge in [-0.3, -0.25) is 10.1 Å². The normalized spacial score (nSPS) is 10.9. The van der Waals surface area contributed by atoms with Crippen LogP contribution in [0.25, 0.3) is 17.5 Å². The molecule has 0 atom stereocenters. The van der Waals surface area contributed by atoms with E-state index in [4.69, 9.17) is 20.8 Å². The summed E-state index contributed by atoms with van der Waals surface area (Å²) in [6.07, 6.45) is 2.57. The zero-order valence-corrected chi connectivity index (χ0v) is 14.5. The van der Waals surface area contributed by atoms with Gasteiger partial charge in [0, 0.05) is 18.2 Å². The van der Waals surface area contributed by atoms with Crippen molar-refractivity contribution in [3.63, 3.8) is 0 Å². The minimum absolute atomic E-state index is 0.0662. The molecule has 0 saturated heterocycles. The van der Waals surface area contributed by atoms with Crippen LogP contribution in [-0.4, -0.2) is 21.1 Å². The average molecular weight is 386 g/mol. The molecule has 9 heteroatoms. The molecule has 0 saturated carbocycles. The van der Waals surface area contributed by atoms with Crippen molar-refractivity contribution in [1.82, 2.24) is 10.2 Å². The Bertz CT molecular complexity index is 1020. The second-order valence-corrected chi connectivity index (χ2v) is 5.68. The van der Waals surface area contributed by atoms with Crippen molar-refractivity contribution in [3.05, 3.63) is 81.2 Å². The number of nitro groups is 1. The van der Waals surface area contributed by atoms with E-state index in [0.29, 0.717) is 16.1 Å². The lowest BCUT2D eigenvalue weighted by Gasteiger charge is -1.98. The standard InChI is InChI=1S/C18H12ClN3O5/c19-15-7-2-1-6-14(15)18-21-20-16(27-18)11-26-17(23)9-8-12-4-3-5-13(10-12)22(24)25/h1-10H,11H2/b9-8+. The van der Waals surface area contributed by atoms with E-state index in [-0.39, 0.29) is 24.1 Å². The van der Waals surface area contributed by atoms with Crippen molar-refractivity contribution in [1.29, 1.82) is 0 Å². The largest absolute Gasteiger partial charge is 0.452 e. The summed E-state index contributed by atoms with van der Waals surface area (Å²) in [6, 6.07) is 12.8. The lowest BCUT2D eigenvalue weighted by atomic mass is 10.2. The number of halogens is 1. The van der Waals surface area contributed by atoms with Gasteiger partial charge >= 0.3 is 5.97 Å². The van der Waals surface area contributed by atoms with E-state index in [1.807, 2.05) is 0 Å². The van der Waals surface area contributed by atoms with Crippen LogP contribution in [-0.2, 0) is 16.1 Å². The summed E-state index contributed by atoms with van der Waals surface area (Å²) in [6.45, 7) is -0.213. The molecule has 0 bridgehead atoms. The molecule has 0 fully saturated rings. The summed E-state index contributed by atoms with van der Waals surface area (Å²) in [5.41, 5.74) is 1.01. The van der Waals surface area contributed by atoms with Crippen LogP contribution in [0.1, 0.15) is 11.5 Å². The number of rotatable bonds is 6. The summed E-state index contributed by atoms with van der Waals surface area (Å²) in [4.78, 5) is 22.0. The molecule has 0 radical (unpaired) electrons. The summed E-state index contributed by atoms with van der Waals surface area (Å²) in [7, 11) is 0. The van der Waals surface area contributed by atoms with Crippen molar-refractivity contribution in [2.24, 2.45) is 0 Å². The molecule has 3 rings (SSSR count). The van der Waals surface area contributed by atoms with Crippen LogP contribution in [0, 0.1) is 10.1 Å². The van der Waals surface area contributed by atoms with Crippen LogP contribution in [0.5, 0.6) is 0 Å². The number of esters is 1. The van der Waals surface area contributed by atoms with Crippen LogP contribution in [0.15, 0.2) is 59.0 Å². The van der Waals surface area contributed by atoms with Crippen LogP contribution >= 0.6 is 11.6 Å². The molecule has 0 aliphatic rings. The third-order valence-electron chi connectivity index (χ3n) is 3.40. The number of non-ortho nitro benzene ring substituents is 1. The first kappa shape index (κ1) is 18.3. The molecule has 1 heterocycles. The molecule has 0 spiro atoms. The topological polar surface area (TPSA) is 108 Å². The Balaban J connectivity index is 1.59. The molecule has 2 aromatic carbocycles. The van der Waals surface area contributed by atoms with Crippen LogP contribution < -0.4 is 0 Å². The molecule has 0 aliphatic carbocycles. The van der Waals surface area contributed by atoms with Crippen molar-refractivity contribution < 1.29 is 18.9 Å². The van der Waals surface area contributed by atoms with Gasteiger partial charge in [-0.2, -0.15) is 0 Å². The van der Waals surface area contributed by atoms with Crippen molar-refractivity contribution in [2.75, 3.05) is 0 Å². The highest BCUT2D eigenvalue weighted by Gasteiger charge is 2.12. The van der Waals surface area contributed by atoms with Gasteiger partial charge in [0.1, 0.15) is 0 Å². The van der Waals surface area contributed by atoms with Crippen LogP contribution in [0.4, 0.5) is 5.69 Å². The minimum atomic E-state index is -0.654. The third kappa shape index (κ3) is 4.77. The number of nitro benzene ring substituents is 1. The number of aromatic nitrogens is 2. The van der Waals surface area contributed by atoms with Crippen molar-refractivity contribution in [3.8, 4) is 11.5 Å². The minimum Gasteiger partial charge on any atom is -0.452 e. The van der Waals surface area contributed by atoms with Crippen molar-refractivity contribution >= 4 is 29.3 Å². The molecule has 8 nitrogen and oxygen atoms in total. The van der Waals surface area contributed by atoms with E-state index >= 15 is 0 Å². The van der Waals surface area contributed by atoms with Gasteiger partial charge in [0.15, 0.2) is 6.61 Å². The van der Waals surface area contributed by atoms with E-state index in [0.717, 1.165) is 6.08 Å². The maximum atomic E-state index is 11.8. The van der Waals surface area contributed by atoms with Crippen LogP contribution in [0.2, 0.25) is 5.02 Å². The van der Waals surface area contributed by atoms with Gasteiger partial charge in [-0.15, -0.1) is 10.2 Å². The van der Waals surface area contributed by atoms with E-state index in [2.05, 4.69) is 10.2 Å². The van der Waals surface area contributed by atoms with Gasteiger partial charge in [0.2, 0.25) is 5.89 Å². The molecule has 3 aromatic rings. The Morgan fingerprint density at radius 2 is 2.04 bits per heavy atom. The highest BCUT2D eigenvalue weighted by molar-refractivity contribution is 6.33. The first-order valence-electron chi connectivity index (χ1n) is 7.69. The zero-order valence-electron chi connectivity index (χ0n) is 13.7. The molecule has 27 heavy (non-hydrogen) atoms. The van der Waals surface area contributed by atoms with E-state index in [9.17, 15) is 14.9 Å². The summed E-state index contributed by atoms with van der Waals surface area (Å²) in [5, 5.41) is 18.9. The van der Waals surface area contributed by atoms with E-state index in [1.165, 1.54) is 24.3 Å². The number of ether oxygens (including phenoxy) is 1. The number of benzene rings is 2. The monoisotopic (exact) mass is 385 g/mol. The molecular weight excluding hydrogens is 374 g/mol. The Morgan fingerprint density at radius 3 is 2.81 bits per heavy atom. The Hall–Kier alpha value is -3.52. The first-order valence-corrected chi connectivity index (χ1v) is 8.07. The van der Waals surface area contributed by atoms with E-state index < -0.39 is 10.9 Å². The predicted octanol–water partition coefficient (Wildman–Crippen LogP) is 4.05. The molecule has 0 N–H and O–H groups in total.